The molecule has 3 rings (SSSR count). The van der Waals surface area contributed by atoms with E-state index in [9.17, 15) is 18.0 Å². The molecule has 0 aromatic heterocycles. The summed E-state index contributed by atoms with van der Waals surface area (Å²) in [4.78, 5) is 19.4. The Hall–Kier alpha value is -2.31. The molecule has 0 N–H and O–H groups in total. The van der Waals surface area contributed by atoms with Crippen molar-refractivity contribution in [2.24, 2.45) is 4.99 Å². The molecule has 1 aromatic rings. The predicted molar refractivity (Wildman–Crippen MR) is 83.3 cm³/mol. The van der Waals surface area contributed by atoms with Crippen LogP contribution in [-0.4, -0.2) is 36.8 Å². The van der Waals surface area contributed by atoms with Crippen molar-refractivity contribution in [2.45, 2.75) is 20.3 Å². The number of nitrogens with zero attached hydrogens (tertiary/aromatic N) is 3. The fourth-order valence-electron chi connectivity index (χ4n) is 2.44. The normalized spacial score (nSPS) is 17.0. The van der Waals surface area contributed by atoms with Gasteiger partial charge in [0.05, 0.1) is 11.8 Å². The van der Waals surface area contributed by atoms with Crippen LogP contribution < -0.4 is 4.90 Å². The third kappa shape index (κ3) is 3.55. The Balaban J connectivity index is 0.000000595. The molecule has 0 radical (unpaired) electrons. The summed E-state index contributed by atoms with van der Waals surface area (Å²) in [6.45, 7) is 3.43. The van der Waals surface area contributed by atoms with Gasteiger partial charge in [-0.15, -0.1) is 0 Å². The molecule has 1 aromatic carbocycles. The molecule has 0 fully saturated rings. The molecule has 23 heavy (non-hydrogen) atoms. The molecule has 124 valence electrons. The smallest absolute Gasteiger partial charge is 0.262 e. The van der Waals surface area contributed by atoms with Crippen LogP contribution in [0.3, 0.4) is 0 Å². The highest BCUT2D eigenvalue weighted by Crippen LogP contribution is 2.27. The predicted octanol–water partition coefficient (Wildman–Crippen LogP) is 3.41. The minimum Gasteiger partial charge on any atom is -0.288 e. The number of rotatable bonds is 1. The Morgan fingerprint density at radius 2 is 1.91 bits per heavy atom. The second kappa shape index (κ2) is 7.30. The highest BCUT2D eigenvalue weighted by Gasteiger charge is 2.34. The number of halogens is 3. The third-order valence-corrected chi connectivity index (χ3v) is 3.70. The van der Waals surface area contributed by atoms with E-state index in [-0.39, 0.29) is 5.91 Å². The Kier molecular flexibility index (Phi) is 5.41. The van der Waals surface area contributed by atoms with E-state index in [0.717, 1.165) is 29.3 Å². The number of aryl methyl sites for hydroxylation is 2. The van der Waals surface area contributed by atoms with E-state index in [1.54, 1.807) is 0 Å². The third-order valence-electron chi connectivity index (χ3n) is 3.70. The molecule has 0 spiro atoms. The lowest BCUT2D eigenvalue weighted by Gasteiger charge is -2.37. The number of guanidine groups is 1. The lowest BCUT2D eigenvalue weighted by molar-refractivity contribution is -0.113. The first-order valence-electron chi connectivity index (χ1n) is 7.22. The molecule has 0 aliphatic carbocycles. The molecule has 7 heteroatoms. The first-order chi connectivity index (χ1) is 11.0. The molecular formula is C16H18F3N3O. The standard InChI is InChI=1S/C15H16FN3O.CH2F2/c1-10-4-5-12(8-11(10)2)19-14(20)9-13(16)18-7-3-6-17-15(18)19;2-1-3/h4-5,8-9H,3,6-7H2,1-2H3;1H2. The first-order valence-corrected chi connectivity index (χ1v) is 7.22. The summed E-state index contributed by atoms with van der Waals surface area (Å²) >= 11 is 0. The molecule has 0 bridgehead atoms. The van der Waals surface area contributed by atoms with E-state index in [0.29, 0.717) is 19.0 Å². The Labute approximate surface area is 132 Å². The van der Waals surface area contributed by atoms with Crippen LogP contribution in [0.2, 0.25) is 0 Å². The monoisotopic (exact) mass is 325 g/mol. The molecule has 4 nitrogen and oxygen atoms in total. The van der Waals surface area contributed by atoms with Crippen LogP contribution in [0.25, 0.3) is 0 Å². The van der Waals surface area contributed by atoms with Crippen molar-refractivity contribution in [1.82, 2.24) is 4.90 Å². The fraction of sp³-hybridized carbons (Fsp3) is 0.375. The summed E-state index contributed by atoms with van der Waals surface area (Å²) in [5.74, 6) is -0.513. The Morgan fingerprint density at radius 3 is 2.57 bits per heavy atom. The van der Waals surface area contributed by atoms with Crippen LogP contribution in [0.5, 0.6) is 0 Å². The van der Waals surface area contributed by atoms with Gasteiger partial charge >= 0.3 is 0 Å². The summed E-state index contributed by atoms with van der Waals surface area (Å²) in [5.41, 5.74) is 2.98. The second-order valence-corrected chi connectivity index (χ2v) is 5.20. The highest BCUT2D eigenvalue weighted by molar-refractivity contribution is 6.22. The zero-order valence-corrected chi connectivity index (χ0v) is 13.0. The number of anilines is 1. The van der Waals surface area contributed by atoms with Gasteiger partial charge in [-0.25, -0.2) is 13.7 Å². The Bertz CT molecular complexity index is 658. The summed E-state index contributed by atoms with van der Waals surface area (Å²) in [7, 11) is 0. The molecular weight excluding hydrogens is 307 g/mol. The van der Waals surface area contributed by atoms with E-state index in [1.165, 1.54) is 9.80 Å². The van der Waals surface area contributed by atoms with Crippen molar-refractivity contribution in [1.29, 1.82) is 0 Å². The van der Waals surface area contributed by atoms with Gasteiger partial charge in [0.1, 0.15) is 0 Å². The van der Waals surface area contributed by atoms with Crippen LogP contribution in [0.4, 0.5) is 18.9 Å². The van der Waals surface area contributed by atoms with Gasteiger partial charge in [0.15, 0.2) is 0 Å². The highest BCUT2D eigenvalue weighted by atomic mass is 19.3. The number of benzene rings is 1. The van der Waals surface area contributed by atoms with Crippen molar-refractivity contribution in [3.05, 3.63) is 41.4 Å². The zero-order valence-electron chi connectivity index (χ0n) is 13.0. The molecule has 2 aliphatic heterocycles. The molecule has 2 aliphatic rings. The van der Waals surface area contributed by atoms with E-state index in [4.69, 9.17) is 0 Å². The first kappa shape index (κ1) is 17.1. The fourth-order valence-corrected chi connectivity index (χ4v) is 2.44. The molecule has 1 amide bonds. The zero-order chi connectivity index (χ0) is 17.0. The summed E-state index contributed by atoms with van der Waals surface area (Å²) in [5, 5.41) is 0. The maximum absolute atomic E-state index is 13.9. The molecule has 0 saturated heterocycles. The average Bonchev–Trinajstić information content (AvgIpc) is 2.51. The van der Waals surface area contributed by atoms with Gasteiger partial charge in [-0.05, 0) is 43.5 Å². The van der Waals surface area contributed by atoms with Gasteiger partial charge < -0.3 is 0 Å². The molecule has 0 unspecified atom stereocenters. The summed E-state index contributed by atoms with van der Waals surface area (Å²) < 4.78 is 33.1. The maximum Gasteiger partial charge on any atom is 0.262 e. The number of aliphatic imine (C=N–C) groups is 1. The number of amides is 1. The number of carbonyl (C=O) groups excluding carboxylic acids is 1. The van der Waals surface area contributed by atoms with E-state index in [1.807, 2.05) is 32.0 Å². The van der Waals surface area contributed by atoms with Gasteiger partial charge in [-0.3, -0.25) is 14.7 Å². The van der Waals surface area contributed by atoms with E-state index < -0.39 is 12.9 Å². The number of alkyl halides is 2. The van der Waals surface area contributed by atoms with Crippen molar-refractivity contribution in [3.8, 4) is 0 Å². The van der Waals surface area contributed by atoms with Gasteiger partial charge in [0.2, 0.25) is 18.8 Å². The van der Waals surface area contributed by atoms with Crippen molar-refractivity contribution in [3.63, 3.8) is 0 Å². The average molecular weight is 325 g/mol. The van der Waals surface area contributed by atoms with Crippen molar-refractivity contribution >= 4 is 17.6 Å². The minimum atomic E-state index is -1.75. The SMILES string of the molecule is Cc1ccc(N2C(=O)C=C(F)N3CCCN=C32)cc1C.FCF. The maximum atomic E-state index is 13.9. The molecule has 0 saturated carbocycles. The Morgan fingerprint density at radius 1 is 1.22 bits per heavy atom. The summed E-state index contributed by atoms with van der Waals surface area (Å²) in [6, 6.07) is 5.76. The van der Waals surface area contributed by atoms with E-state index in [2.05, 4.69) is 4.99 Å². The molecule has 0 atom stereocenters. The number of carbonyl (C=O) groups is 1. The van der Waals surface area contributed by atoms with Crippen LogP contribution in [0.1, 0.15) is 17.5 Å². The van der Waals surface area contributed by atoms with E-state index >= 15 is 0 Å². The topological polar surface area (TPSA) is 35.9 Å². The van der Waals surface area contributed by atoms with Crippen molar-refractivity contribution in [2.75, 3.05) is 24.9 Å². The second-order valence-electron chi connectivity index (χ2n) is 5.20. The van der Waals surface area contributed by atoms with Crippen LogP contribution in [0.15, 0.2) is 35.2 Å². The lowest BCUT2D eigenvalue weighted by atomic mass is 10.1. The van der Waals surface area contributed by atoms with Gasteiger partial charge in [0, 0.05) is 13.1 Å². The number of fused-ring (bicyclic) bond motifs is 1. The van der Waals surface area contributed by atoms with Gasteiger partial charge in [-0.2, -0.15) is 4.39 Å². The van der Waals surface area contributed by atoms with Crippen LogP contribution in [0, 0.1) is 13.8 Å². The summed E-state index contributed by atoms with van der Waals surface area (Å²) in [6.07, 6.45) is 1.82. The lowest BCUT2D eigenvalue weighted by Crippen LogP contribution is -2.52. The van der Waals surface area contributed by atoms with Gasteiger partial charge in [0.25, 0.3) is 5.91 Å². The van der Waals surface area contributed by atoms with Crippen molar-refractivity contribution < 1.29 is 18.0 Å². The number of hydrogen-bond acceptors (Lipinski definition) is 3. The largest absolute Gasteiger partial charge is 0.288 e. The number of hydrogen-bond donors (Lipinski definition) is 0. The quantitative estimate of drug-likeness (QED) is 0.742. The van der Waals surface area contributed by atoms with Crippen LogP contribution in [-0.2, 0) is 4.79 Å². The van der Waals surface area contributed by atoms with Gasteiger partial charge in [-0.1, -0.05) is 6.07 Å². The van der Waals surface area contributed by atoms with Crippen LogP contribution >= 0.6 is 0 Å². The molecule has 2 heterocycles. The minimum absolute atomic E-state index is 0.386.